The Bertz CT molecular complexity index is 769. The summed E-state index contributed by atoms with van der Waals surface area (Å²) < 4.78 is 27.1. The summed E-state index contributed by atoms with van der Waals surface area (Å²) >= 11 is 6.19. The van der Waals surface area contributed by atoms with E-state index < -0.39 is 11.6 Å². The molecule has 0 saturated carbocycles. The molecule has 0 aliphatic carbocycles. The summed E-state index contributed by atoms with van der Waals surface area (Å²) in [5, 5.41) is 3.45. The molecule has 2 aromatic rings. The van der Waals surface area contributed by atoms with E-state index in [2.05, 4.69) is 16.9 Å². The molecule has 106 valence electrons. The van der Waals surface area contributed by atoms with Crippen LogP contribution in [0.4, 0.5) is 14.5 Å². The number of aliphatic imine (C=N–C) groups is 1. The third-order valence-electron chi connectivity index (χ3n) is 3.18. The number of nitrogens with zero attached hydrogens (tertiary/aromatic N) is 1. The predicted octanol–water partition coefficient (Wildman–Crippen LogP) is 4.39. The molecule has 0 saturated heterocycles. The fourth-order valence-corrected chi connectivity index (χ4v) is 2.44. The topological polar surface area (TPSA) is 24.4 Å². The first-order valence-corrected chi connectivity index (χ1v) is 6.67. The van der Waals surface area contributed by atoms with Crippen LogP contribution in [0, 0.1) is 11.6 Å². The number of anilines is 1. The van der Waals surface area contributed by atoms with Gasteiger partial charge in [-0.05, 0) is 12.1 Å². The number of halogens is 3. The molecule has 1 aliphatic rings. The van der Waals surface area contributed by atoms with Crippen LogP contribution in [-0.2, 0) is 0 Å². The fraction of sp³-hybridized carbons (Fsp3) is 0.0625. The lowest BCUT2D eigenvalue weighted by Crippen LogP contribution is -2.07. The normalized spacial score (nSPS) is 14.0. The highest BCUT2D eigenvalue weighted by Crippen LogP contribution is 2.29. The molecule has 0 amide bonds. The molecular weight excluding hydrogens is 294 g/mol. The molecule has 0 atom stereocenters. The van der Waals surface area contributed by atoms with E-state index in [0.717, 1.165) is 12.1 Å². The number of hydrogen-bond acceptors (Lipinski definition) is 2. The van der Waals surface area contributed by atoms with E-state index >= 15 is 0 Å². The minimum absolute atomic E-state index is 0.304. The summed E-state index contributed by atoms with van der Waals surface area (Å²) in [6.45, 7) is 4.11. The van der Waals surface area contributed by atoms with Crippen LogP contribution in [0.25, 0.3) is 0 Å². The molecule has 2 nitrogen and oxygen atoms in total. The minimum atomic E-state index is -0.928. The van der Waals surface area contributed by atoms with E-state index in [1.54, 1.807) is 18.2 Å². The average molecular weight is 305 g/mol. The van der Waals surface area contributed by atoms with Gasteiger partial charge >= 0.3 is 0 Å². The van der Waals surface area contributed by atoms with Crippen LogP contribution in [-0.4, -0.2) is 12.3 Å². The summed E-state index contributed by atoms with van der Waals surface area (Å²) in [5.74, 6) is -1.85. The lowest BCUT2D eigenvalue weighted by atomic mass is 10.00. The van der Waals surface area contributed by atoms with Crippen molar-refractivity contribution in [2.45, 2.75) is 0 Å². The molecule has 3 rings (SSSR count). The standard InChI is InChI=1S/C16H11ClF2N2/c1-9-8-20-16(10-4-2-3-5-12(10)17)11-6-13(18)14(19)7-15(11)21-9/h2-7,21H,1,8H2. The van der Waals surface area contributed by atoms with E-state index in [1.165, 1.54) is 0 Å². The van der Waals surface area contributed by atoms with Crippen molar-refractivity contribution in [3.63, 3.8) is 0 Å². The highest BCUT2D eigenvalue weighted by Gasteiger charge is 2.20. The fourth-order valence-electron chi connectivity index (χ4n) is 2.22. The van der Waals surface area contributed by atoms with Crippen LogP contribution < -0.4 is 5.32 Å². The van der Waals surface area contributed by atoms with Gasteiger partial charge in [0.25, 0.3) is 0 Å². The third kappa shape index (κ3) is 2.54. The van der Waals surface area contributed by atoms with Gasteiger partial charge in [-0.15, -0.1) is 0 Å². The molecule has 2 aromatic carbocycles. The molecule has 0 aromatic heterocycles. The summed E-state index contributed by atoms with van der Waals surface area (Å²) in [5.41, 5.74) is 2.67. The Hall–Kier alpha value is -2.20. The maximum atomic E-state index is 13.6. The second-order valence-electron chi connectivity index (χ2n) is 4.69. The van der Waals surface area contributed by atoms with Crippen molar-refractivity contribution < 1.29 is 8.78 Å². The first kappa shape index (κ1) is 13.8. The van der Waals surface area contributed by atoms with Crippen LogP contribution in [0.1, 0.15) is 11.1 Å². The largest absolute Gasteiger partial charge is 0.357 e. The molecule has 21 heavy (non-hydrogen) atoms. The SMILES string of the molecule is C=C1CN=C(c2ccccc2Cl)c2cc(F)c(F)cc2N1. The molecule has 1 heterocycles. The zero-order valence-electron chi connectivity index (χ0n) is 11.0. The summed E-state index contributed by atoms with van der Waals surface area (Å²) in [7, 11) is 0. The van der Waals surface area contributed by atoms with Crippen molar-refractivity contribution in [1.29, 1.82) is 0 Å². The van der Waals surface area contributed by atoms with Gasteiger partial charge in [-0.3, -0.25) is 4.99 Å². The van der Waals surface area contributed by atoms with Gasteiger partial charge in [-0.1, -0.05) is 36.4 Å². The van der Waals surface area contributed by atoms with Gasteiger partial charge in [0.05, 0.1) is 17.9 Å². The summed E-state index contributed by atoms with van der Waals surface area (Å²) in [4.78, 5) is 4.43. The highest BCUT2D eigenvalue weighted by molar-refractivity contribution is 6.35. The molecule has 5 heteroatoms. The lowest BCUT2D eigenvalue weighted by molar-refractivity contribution is 0.509. The highest BCUT2D eigenvalue weighted by atomic mass is 35.5. The van der Waals surface area contributed by atoms with Gasteiger partial charge in [0.15, 0.2) is 11.6 Å². The van der Waals surface area contributed by atoms with Gasteiger partial charge in [-0.2, -0.15) is 0 Å². The number of fused-ring (bicyclic) bond motifs is 1. The number of hydrogen-bond donors (Lipinski definition) is 1. The Morgan fingerprint density at radius 1 is 1.10 bits per heavy atom. The van der Waals surface area contributed by atoms with Gasteiger partial charge in [-0.25, -0.2) is 8.78 Å². The first-order valence-electron chi connectivity index (χ1n) is 6.30. The molecular formula is C16H11ClF2N2. The van der Waals surface area contributed by atoms with Gasteiger partial charge < -0.3 is 5.32 Å². The van der Waals surface area contributed by atoms with Crippen molar-refractivity contribution >= 4 is 23.0 Å². The van der Waals surface area contributed by atoms with Gasteiger partial charge in [0, 0.05) is 27.9 Å². The molecule has 1 aliphatic heterocycles. The molecule has 0 bridgehead atoms. The zero-order chi connectivity index (χ0) is 15.0. The summed E-state index contributed by atoms with van der Waals surface area (Å²) in [6.07, 6.45) is 0. The number of rotatable bonds is 1. The molecule has 0 fully saturated rings. The molecule has 0 spiro atoms. The Balaban J connectivity index is 2.25. The lowest BCUT2D eigenvalue weighted by Gasteiger charge is -2.12. The average Bonchev–Trinajstić information content (AvgIpc) is 2.59. The third-order valence-corrected chi connectivity index (χ3v) is 3.51. The summed E-state index contributed by atoms with van der Waals surface area (Å²) in [6, 6.07) is 9.36. The van der Waals surface area contributed by atoms with Crippen molar-refractivity contribution in [1.82, 2.24) is 0 Å². The maximum absolute atomic E-state index is 13.6. The van der Waals surface area contributed by atoms with Crippen LogP contribution in [0.2, 0.25) is 5.02 Å². The minimum Gasteiger partial charge on any atom is -0.357 e. The van der Waals surface area contributed by atoms with Crippen molar-refractivity contribution in [3.8, 4) is 0 Å². The Kier molecular flexibility index (Phi) is 3.47. The molecule has 0 unspecified atom stereocenters. The van der Waals surface area contributed by atoms with Gasteiger partial charge in [0.2, 0.25) is 0 Å². The molecule has 1 N–H and O–H groups in total. The van der Waals surface area contributed by atoms with E-state index in [-0.39, 0.29) is 0 Å². The molecule has 0 radical (unpaired) electrons. The predicted molar refractivity (Wildman–Crippen MR) is 81.1 cm³/mol. The number of benzodiazepines with no additional fused rings is 1. The van der Waals surface area contributed by atoms with E-state index in [9.17, 15) is 8.78 Å². The number of nitrogens with one attached hydrogen (secondary N) is 1. The van der Waals surface area contributed by atoms with Crippen LogP contribution in [0.15, 0.2) is 53.7 Å². The Morgan fingerprint density at radius 3 is 2.57 bits per heavy atom. The van der Waals surface area contributed by atoms with Crippen LogP contribution in [0.5, 0.6) is 0 Å². The maximum Gasteiger partial charge on any atom is 0.160 e. The van der Waals surface area contributed by atoms with Crippen molar-refractivity contribution in [2.24, 2.45) is 4.99 Å². The second-order valence-corrected chi connectivity index (χ2v) is 5.09. The van der Waals surface area contributed by atoms with Crippen molar-refractivity contribution in [2.75, 3.05) is 11.9 Å². The quantitative estimate of drug-likeness (QED) is 0.830. The van der Waals surface area contributed by atoms with E-state index in [1.807, 2.05) is 6.07 Å². The Labute approximate surface area is 125 Å². The monoisotopic (exact) mass is 304 g/mol. The van der Waals surface area contributed by atoms with E-state index in [4.69, 9.17) is 11.6 Å². The van der Waals surface area contributed by atoms with Gasteiger partial charge in [0.1, 0.15) is 0 Å². The zero-order valence-corrected chi connectivity index (χ0v) is 11.7. The Morgan fingerprint density at radius 2 is 1.81 bits per heavy atom. The van der Waals surface area contributed by atoms with Crippen LogP contribution >= 0.6 is 11.6 Å². The van der Waals surface area contributed by atoms with Crippen molar-refractivity contribution in [3.05, 3.63) is 76.5 Å². The smallest absolute Gasteiger partial charge is 0.160 e. The number of benzene rings is 2. The van der Waals surface area contributed by atoms with Crippen LogP contribution in [0.3, 0.4) is 0 Å². The van der Waals surface area contributed by atoms with E-state index in [0.29, 0.717) is 39.8 Å². The first-order chi connectivity index (χ1) is 10.1. The second kappa shape index (κ2) is 5.30.